The Hall–Kier alpha value is -1.61. The molecule has 1 aromatic heterocycles. The van der Waals surface area contributed by atoms with E-state index in [2.05, 4.69) is 24.0 Å². The summed E-state index contributed by atoms with van der Waals surface area (Å²) in [6, 6.07) is 6.54. The van der Waals surface area contributed by atoms with Crippen molar-refractivity contribution in [2.45, 2.75) is 44.8 Å². The molecule has 1 aliphatic rings. The van der Waals surface area contributed by atoms with E-state index in [1.807, 2.05) is 18.5 Å². The minimum Gasteiger partial charge on any atom is -0.490 e. The molecule has 0 bridgehead atoms. The van der Waals surface area contributed by atoms with Gasteiger partial charge >= 0.3 is 0 Å². The summed E-state index contributed by atoms with van der Waals surface area (Å²) >= 11 is 0. The van der Waals surface area contributed by atoms with Crippen molar-refractivity contribution in [1.82, 2.24) is 4.98 Å². The molecule has 3 nitrogen and oxygen atoms in total. The first-order valence-electron chi connectivity index (χ1n) is 6.99. The predicted molar refractivity (Wildman–Crippen MR) is 77.3 cm³/mol. The lowest BCUT2D eigenvalue weighted by Crippen LogP contribution is -2.31. The van der Waals surface area contributed by atoms with Crippen molar-refractivity contribution in [1.29, 1.82) is 0 Å². The molecular weight excluding hydrogens is 236 g/mol. The number of hydrogen-bond donors (Lipinski definition) is 1. The first-order chi connectivity index (χ1) is 9.24. The Morgan fingerprint density at radius 3 is 2.74 bits per heavy atom. The third kappa shape index (κ3) is 2.56. The maximum atomic E-state index is 6.21. The molecule has 2 N–H and O–H groups in total. The first-order valence-corrected chi connectivity index (χ1v) is 6.99. The molecule has 1 aliphatic carbocycles. The molecule has 0 amide bonds. The Labute approximate surface area is 113 Å². The van der Waals surface area contributed by atoms with E-state index in [0.717, 1.165) is 36.8 Å². The molecule has 100 valence electrons. The van der Waals surface area contributed by atoms with Crippen LogP contribution in [0.2, 0.25) is 0 Å². The van der Waals surface area contributed by atoms with Crippen molar-refractivity contribution in [3.05, 3.63) is 36.2 Å². The Morgan fingerprint density at radius 1 is 1.16 bits per heavy atom. The number of pyridine rings is 1. The van der Waals surface area contributed by atoms with Gasteiger partial charge in [0.2, 0.25) is 0 Å². The maximum Gasteiger partial charge on any atom is 0.127 e. The largest absolute Gasteiger partial charge is 0.490 e. The zero-order valence-electron chi connectivity index (χ0n) is 11.3. The summed E-state index contributed by atoms with van der Waals surface area (Å²) in [5, 5.41) is 2.33. The fourth-order valence-electron chi connectivity index (χ4n) is 2.86. The van der Waals surface area contributed by atoms with Crippen LogP contribution in [0.4, 0.5) is 0 Å². The van der Waals surface area contributed by atoms with Gasteiger partial charge in [-0.05, 0) is 44.2 Å². The molecule has 0 atom stereocenters. The van der Waals surface area contributed by atoms with Crippen LogP contribution in [0.5, 0.6) is 5.75 Å². The Balaban J connectivity index is 1.88. The SMILES string of the molecule is Cc1cncc2cccc(O[C@H]3CC[C@H](N)CC3)c12. The van der Waals surface area contributed by atoms with Crippen LogP contribution in [-0.2, 0) is 0 Å². The van der Waals surface area contributed by atoms with Crippen molar-refractivity contribution < 1.29 is 4.74 Å². The Morgan fingerprint density at radius 2 is 1.95 bits per heavy atom. The van der Waals surface area contributed by atoms with E-state index >= 15 is 0 Å². The lowest BCUT2D eigenvalue weighted by Gasteiger charge is -2.27. The maximum absolute atomic E-state index is 6.21. The highest BCUT2D eigenvalue weighted by molar-refractivity contribution is 5.90. The quantitative estimate of drug-likeness (QED) is 0.897. The Bertz CT molecular complexity index is 569. The molecule has 3 heteroatoms. The number of nitrogens with zero attached hydrogens (tertiary/aromatic N) is 1. The smallest absolute Gasteiger partial charge is 0.127 e. The summed E-state index contributed by atoms with van der Waals surface area (Å²) in [5.41, 5.74) is 7.11. The summed E-state index contributed by atoms with van der Waals surface area (Å²) in [7, 11) is 0. The van der Waals surface area contributed by atoms with Gasteiger partial charge in [-0.25, -0.2) is 0 Å². The second kappa shape index (κ2) is 5.17. The standard InChI is InChI=1S/C16H20N2O/c1-11-9-18-10-12-3-2-4-15(16(11)12)19-14-7-5-13(17)6-8-14/h2-4,9-10,13-14H,5-8,17H2,1H3/t13-,14-. The fraction of sp³-hybridized carbons (Fsp3) is 0.438. The molecule has 0 saturated heterocycles. The van der Waals surface area contributed by atoms with Gasteiger partial charge in [0.05, 0.1) is 6.10 Å². The van der Waals surface area contributed by atoms with Gasteiger partial charge in [0.15, 0.2) is 0 Å². The van der Waals surface area contributed by atoms with Crippen molar-refractivity contribution in [2.24, 2.45) is 5.73 Å². The summed E-state index contributed by atoms with van der Waals surface area (Å²) in [6.07, 6.45) is 8.34. The summed E-state index contributed by atoms with van der Waals surface area (Å²) < 4.78 is 6.21. The molecule has 1 heterocycles. The van der Waals surface area contributed by atoms with Gasteiger partial charge < -0.3 is 10.5 Å². The third-order valence-corrected chi connectivity index (χ3v) is 3.95. The summed E-state index contributed by atoms with van der Waals surface area (Å²) in [5.74, 6) is 0.984. The number of benzene rings is 1. The second-order valence-corrected chi connectivity index (χ2v) is 5.47. The van der Waals surface area contributed by atoms with E-state index in [1.54, 1.807) is 0 Å². The van der Waals surface area contributed by atoms with Gasteiger partial charge in [0.1, 0.15) is 5.75 Å². The first kappa shape index (κ1) is 12.4. The van der Waals surface area contributed by atoms with Gasteiger partial charge in [-0.1, -0.05) is 12.1 Å². The normalized spacial score (nSPS) is 23.5. The van der Waals surface area contributed by atoms with Crippen LogP contribution in [0.25, 0.3) is 10.8 Å². The lowest BCUT2D eigenvalue weighted by molar-refractivity contribution is 0.149. The number of rotatable bonds is 2. The topological polar surface area (TPSA) is 48.1 Å². The second-order valence-electron chi connectivity index (χ2n) is 5.47. The zero-order valence-corrected chi connectivity index (χ0v) is 11.3. The number of fused-ring (bicyclic) bond motifs is 1. The van der Waals surface area contributed by atoms with Crippen LogP contribution < -0.4 is 10.5 Å². The monoisotopic (exact) mass is 256 g/mol. The molecule has 3 rings (SSSR count). The van der Waals surface area contributed by atoms with E-state index in [0.29, 0.717) is 12.1 Å². The number of ether oxygens (including phenoxy) is 1. The van der Waals surface area contributed by atoms with Gasteiger partial charge in [-0.2, -0.15) is 0 Å². The average molecular weight is 256 g/mol. The van der Waals surface area contributed by atoms with Crippen LogP contribution in [0.15, 0.2) is 30.6 Å². The molecule has 19 heavy (non-hydrogen) atoms. The van der Waals surface area contributed by atoms with Crippen LogP contribution in [-0.4, -0.2) is 17.1 Å². The van der Waals surface area contributed by atoms with Crippen molar-refractivity contribution in [3.63, 3.8) is 0 Å². The molecular formula is C16H20N2O. The highest BCUT2D eigenvalue weighted by Gasteiger charge is 2.20. The molecule has 1 fully saturated rings. The molecule has 0 radical (unpaired) electrons. The van der Waals surface area contributed by atoms with E-state index in [1.165, 1.54) is 10.9 Å². The van der Waals surface area contributed by atoms with Crippen molar-refractivity contribution in [2.75, 3.05) is 0 Å². The van der Waals surface area contributed by atoms with Crippen LogP contribution >= 0.6 is 0 Å². The zero-order chi connectivity index (χ0) is 13.2. The number of hydrogen-bond acceptors (Lipinski definition) is 3. The number of aryl methyl sites for hydroxylation is 1. The van der Waals surface area contributed by atoms with Crippen LogP contribution in [0.3, 0.4) is 0 Å². The highest BCUT2D eigenvalue weighted by Crippen LogP contribution is 2.31. The fourth-order valence-corrected chi connectivity index (χ4v) is 2.86. The third-order valence-electron chi connectivity index (χ3n) is 3.95. The number of nitrogens with two attached hydrogens (primary N) is 1. The lowest BCUT2D eigenvalue weighted by atomic mass is 9.93. The summed E-state index contributed by atoms with van der Waals surface area (Å²) in [4.78, 5) is 4.24. The molecule has 0 unspecified atom stereocenters. The highest BCUT2D eigenvalue weighted by atomic mass is 16.5. The summed E-state index contributed by atoms with van der Waals surface area (Å²) in [6.45, 7) is 2.08. The van der Waals surface area contributed by atoms with E-state index in [4.69, 9.17) is 10.5 Å². The predicted octanol–water partition coefficient (Wildman–Crippen LogP) is 3.19. The average Bonchev–Trinajstić information content (AvgIpc) is 2.42. The van der Waals surface area contributed by atoms with E-state index in [9.17, 15) is 0 Å². The van der Waals surface area contributed by atoms with Gasteiger partial charge in [-0.3, -0.25) is 4.98 Å². The Kier molecular flexibility index (Phi) is 3.38. The van der Waals surface area contributed by atoms with Gasteiger partial charge in [0.25, 0.3) is 0 Å². The molecule has 0 spiro atoms. The van der Waals surface area contributed by atoms with E-state index in [-0.39, 0.29) is 0 Å². The number of aromatic nitrogens is 1. The van der Waals surface area contributed by atoms with E-state index < -0.39 is 0 Å². The minimum atomic E-state index is 0.304. The van der Waals surface area contributed by atoms with Crippen molar-refractivity contribution >= 4 is 10.8 Å². The van der Waals surface area contributed by atoms with Gasteiger partial charge in [0, 0.05) is 29.2 Å². The molecule has 1 aromatic carbocycles. The van der Waals surface area contributed by atoms with Crippen molar-refractivity contribution in [3.8, 4) is 5.75 Å². The minimum absolute atomic E-state index is 0.304. The van der Waals surface area contributed by atoms with Crippen LogP contribution in [0.1, 0.15) is 31.2 Å². The molecule has 0 aliphatic heterocycles. The van der Waals surface area contributed by atoms with Crippen LogP contribution in [0, 0.1) is 6.92 Å². The van der Waals surface area contributed by atoms with Gasteiger partial charge in [-0.15, -0.1) is 0 Å². The molecule has 1 saturated carbocycles. The molecule has 2 aromatic rings.